The molecule has 0 heterocycles. The third kappa shape index (κ3) is 15.7. The number of hydrogen-bond acceptors (Lipinski definition) is 5. The number of halogens is 1. The first kappa shape index (κ1) is 30.9. The van der Waals surface area contributed by atoms with E-state index in [1.807, 2.05) is 60.7 Å². The minimum absolute atomic E-state index is 0. The molecule has 8 nitrogen and oxygen atoms in total. The van der Waals surface area contributed by atoms with Crippen molar-refractivity contribution in [2.75, 3.05) is 0 Å². The summed E-state index contributed by atoms with van der Waals surface area (Å²) in [7, 11) is 0. The summed E-state index contributed by atoms with van der Waals surface area (Å²) in [6.45, 7) is 5.35. The van der Waals surface area contributed by atoms with E-state index in [0.717, 1.165) is 11.1 Å². The number of hydrogen-bond donors (Lipinski definition) is 4. The highest BCUT2D eigenvalue weighted by Gasteiger charge is 2.21. The zero-order valence-electron chi connectivity index (χ0n) is 20.0. The topological polar surface area (TPSA) is 151 Å². The number of ether oxygens (including phenoxy) is 1. The van der Waals surface area contributed by atoms with Gasteiger partial charge in [-0.05, 0) is 44.7 Å². The number of primary amides is 2. The molecule has 0 fully saturated rings. The fourth-order valence-electron chi connectivity index (χ4n) is 3.04. The van der Waals surface area contributed by atoms with E-state index in [2.05, 4.69) is 5.32 Å². The normalized spacial score (nSPS) is 12.1. The summed E-state index contributed by atoms with van der Waals surface area (Å²) < 4.78 is 5.19. The Balaban J connectivity index is 0.000000676. The summed E-state index contributed by atoms with van der Waals surface area (Å²) in [6.07, 6.45) is 1.01. The lowest BCUT2D eigenvalue weighted by Crippen LogP contribution is -2.42. The molecule has 0 aromatic heterocycles. The van der Waals surface area contributed by atoms with E-state index >= 15 is 0 Å². The van der Waals surface area contributed by atoms with Crippen LogP contribution in [0.5, 0.6) is 0 Å². The monoisotopic (exact) mass is 492 g/mol. The summed E-state index contributed by atoms with van der Waals surface area (Å²) >= 11 is 0. The van der Waals surface area contributed by atoms with Crippen molar-refractivity contribution in [1.82, 2.24) is 5.32 Å². The Morgan fingerprint density at radius 3 is 1.68 bits per heavy atom. The van der Waals surface area contributed by atoms with Gasteiger partial charge in [-0.2, -0.15) is 0 Å². The number of carbonyl (C=O) groups excluding carboxylic acids is 3. The van der Waals surface area contributed by atoms with E-state index in [9.17, 15) is 14.4 Å². The number of benzene rings is 2. The number of alkyl carbamates (subject to hydrolysis) is 1. The second kappa shape index (κ2) is 15.7. The van der Waals surface area contributed by atoms with Crippen LogP contribution >= 0.6 is 12.4 Å². The van der Waals surface area contributed by atoms with Gasteiger partial charge in [0.05, 0.1) is 0 Å². The SMILES string of the molecule is CC(C)(C)OC(=O)N[C@@H](CC(N)=O)Cc1ccccc1.Cl.NC(=O)C[C@H](N)Cc1ccccc1. The minimum atomic E-state index is -0.575. The van der Waals surface area contributed by atoms with Crippen LogP contribution in [0.2, 0.25) is 0 Å². The van der Waals surface area contributed by atoms with Crippen LogP contribution < -0.4 is 22.5 Å². The van der Waals surface area contributed by atoms with Gasteiger partial charge in [0.2, 0.25) is 11.8 Å². The van der Waals surface area contributed by atoms with Gasteiger partial charge in [-0.15, -0.1) is 12.4 Å². The van der Waals surface area contributed by atoms with Crippen LogP contribution in [0.3, 0.4) is 0 Å². The lowest BCUT2D eigenvalue weighted by Gasteiger charge is -2.23. The molecule has 7 N–H and O–H groups in total. The molecule has 3 amide bonds. The van der Waals surface area contributed by atoms with Crippen LogP contribution in [0.1, 0.15) is 44.7 Å². The van der Waals surface area contributed by atoms with Crippen molar-refractivity contribution in [3.8, 4) is 0 Å². The second-order valence-corrected chi connectivity index (χ2v) is 8.82. The first-order chi connectivity index (χ1) is 15.4. The third-order valence-corrected chi connectivity index (χ3v) is 4.30. The first-order valence-corrected chi connectivity index (χ1v) is 10.8. The molecule has 188 valence electrons. The Morgan fingerprint density at radius 2 is 1.26 bits per heavy atom. The van der Waals surface area contributed by atoms with Gasteiger partial charge in [0.25, 0.3) is 0 Å². The Kier molecular flexibility index (Phi) is 14.3. The van der Waals surface area contributed by atoms with E-state index in [-0.39, 0.29) is 43.2 Å². The maximum absolute atomic E-state index is 11.8. The maximum Gasteiger partial charge on any atom is 0.407 e. The van der Waals surface area contributed by atoms with Gasteiger partial charge in [-0.3, -0.25) is 9.59 Å². The quantitative estimate of drug-likeness (QED) is 0.424. The van der Waals surface area contributed by atoms with Crippen LogP contribution in [0, 0.1) is 0 Å². The van der Waals surface area contributed by atoms with Gasteiger partial charge in [0.15, 0.2) is 0 Å². The number of nitrogens with two attached hydrogens (primary N) is 3. The third-order valence-electron chi connectivity index (χ3n) is 4.30. The highest BCUT2D eigenvalue weighted by atomic mass is 35.5. The summed E-state index contributed by atoms with van der Waals surface area (Å²) in [5.41, 5.74) is 17.5. The highest BCUT2D eigenvalue weighted by Crippen LogP contribution is 2.10. The molecule has 0 aliphatic carbocycles. The van der Waals surface area contributed by atoms with E-state index in [1.54, 1.807) is 20.8 Å². The number of carbonyl (C=O) groups is 3. The zero-order valence-corrected chi connectivity index (χ0v) is 20.8. The van der Waals surface area contributed by atoms with Crippen LogP contribution in [0.15, 0.2) is 60.7 Å². The number of amides is 3. The predicted molar refractivity (Wildman–Crippen MR) is 136 cm³/mol. The Hall–Kier alpha value is -3.10. The van der Waals surface area contributed by atoms with E-state index in [0.29, 0.717) is 12.8 Å². The summed E-state index contributed by atoms with van der Waals surface area (Å²) in [5.74, 6) is -0.801. The van der Waals surface area contributed by atoms with Gasteiger partial charge in [-0.1, -0.05) is 60.7 Å². The molecule has 0 radical (unpaired) electrons. The van der Waals surface area contributed by atoms with Crippen molar-refractivity contribution in [2.45, 2.75) is 64.1 Å². The molecule has 0 bridgehead atoms. The van der Waals surface area contributed by atoms with E-state index < -0.39 is 17.6 Å². The molecule has 0 aliphatic heterocycles. The molecule has 0 aliphatic rings. The van der Waals surface area contributed by atoms with Gasteiger partial charge < -0.3 is 27.3 Å². The number of nitrogens with one attached hydrogen (secondary N) is 1. The Bertz CT molecular complexity index is 873. The van der Waals surface area contributed by atoms with Crippen molar-refractivity contribution < 1.29 is 19.1 Å². The predicted octanol–water partition coefficient (Wildman–Crippen LogP) is 2.85. The molecule has 0 saturated heterocycles. The van der Waals surface area contributed by atoms with Gasteiger partial charge in [0.1, 0.15) is 5.60 Å². The van der Waals surface area contributed by atoms with Crippen LogP contribution in [0.4, 0.5) is 4.79 Å². The lowest BCUT2D eigenvalue weighted by atomic mass is 10.0. The molecular formula is C25H37ClN4O4. The maximum atomic E-state index is 11.8. The average molecular weight is 493 g/mol. The number of rotatable bonds is 9. The fraction of sp³-hybridized carbons (Fsp3) is 0.400. The van der Waals surface area contributed by atoms with Gasteiger partial charge in [-0.25, -0.2) is 4.79 Å². The fourth-order valence-corrected chi connectivity index (χ4v) is 3.04. The van der Waals surface area contributed by atoms with Gasteiger partial charge in [0, 0.05) is 24.9 Å². The molecule has 0 saturated carbocycles. The Morgan fingerprint density at radius 1 is 0.824 bits per heavy atom. The smallest absolute Gasteiger partial charge is 0.407 e. The Labute approximate surface area is 208 Å². The van der Waals surface area contributed by atoms with Crippen molar-refractivity contribution in [3.05, 3.63) is 71.8 Å². The van der Waals surface area contributed by atoms with Crippen molar-refractivity contribution in [2.24, 2.45) is 17.2 Å². The molecule has 2 rings (SSSR count). The van der Waals surface area contributed by atoms with Crippen molar-refractivity contribution in [1.29, 1.82) is 0 Å². The molecule has 34 heavy (non-hydrogen) atoms. The molecule has 0 unspecified atom stereocenters. The second-order valence-electron chi connectivity index (χ2n) is 8.82. The van der Waals surface area contributed by atoms with Crippen LogP contribution in [0.25, 0.3) is 0 Å². The zero-order chi connectivity index (χ0) is 24.9. The minimum Gasteiger partial charge on any atom is -0.444 e. The van der Waals surface area contributed by atoms with Crippen LogP contribution in [-0.2, 0) is 27.2 Å². The average Bonchev–Trinajstić information content (AvgIpc) is 2.67. The molecule has 2 aromatic carbocycles. The summed E-state index contributed by atoms with van der Waals surface area (Å²) in [4.78, 5) is 33.4. The highest BCUT2D eigenvalue weighted by molar-refractivity contribution is 5.85. The standard InChI is InChI=1S/C15H22N2O3.C10H14N2O.ClH/c1-15(2,3)20-14(19)17-12(10-13(16)18)9-11-7-5-4-6-8-11;11-9(7-10(12)13)6-8-4-2-1-3-5-8;/h4-8,12H,9-10H2,1-3H3,(H2,16,18)(H,17,19);1-5,9H,6-7,11H2,(H2,12,13);1H/t12-;9-;/m11./s1. The molecule has 2 atom stereocenters. The summed E-state index contributed by atoms with van der Waals surface area (Å²) in [5, 5.41) is 2.69. The molecular weight excluding hydrogens is 456 g/mol. The molecule has 2 aromatic rings. The largest absolute Gasteiger partial charge is 0.444 e. The summed E-state index contributed by atoms with van der Waals surface area (Å²) in [6, 6.07) is 18.9. The van der Waals surface area contributed by atoms with E-state index in [1.165, 1.54) is 0 Å². The van der Waals surface area contributed by atoms with Crippen molar-refractivity contribution >= 4 is 30.3 Å². The molecule has 9 heteroatoms. The lowest BCUT2D eigenvalue weighted by molar-refractivity contribution is -0.119. The first-order valence-electron chi connectivity index (χ1n) is 10.8. The van der Waals surface area contributed by atoms with Crippen molar-refractivity contribution in [3.63, 3.8) is 0 Å². The van der Waals surface area contributed by atoms with Gasteiger partial charge >= 0.3 is 6.09 Å². The van der Waals surface area contributed by atoms with E-state index in [4.69, 9.17) is 21.9 Å². The molecule has 0 spiro atoms. The van der Waals surface area contributed by atoms with Crippen LogP contribution in [-0.4, -0.2) is 35.6 Å².